The van der Waals surface area contributed by atoms with Crippen molar-refractivity contribution in [3.8, 4) is 5.75 Å². The van der Waals surface area contributed by atoms with Gasteiger partial charge in [0, 0.05) is 0 Å². The van der Waals surface area contributed by atoms with Gasteiger partial charge in [0.15, 0.2) is 0 Å². The number of rotatable bonds is 3. The van der Waals surface area contributed by atoms with Crippen molar-refractivity contribution in [2.24, 2.45) is 0 Å². The monoisotopic (exact) mass is 278 g/mol. The summed E-state index contributed by atoms with van der Waals surface area (Å²) >= 11 is 6.42. The third kappa shape index (κ3) is 2.90. The van der Waals surface area contributed by atoms with Crippen LogP contribution < -0.4 is 4.74 Å². The summed E-state index contributed by atoms with van der Waals surface area (Å²) in [7, 11) is 1.63. The highest BCUT2D eigenvalue weighted by Crippen LogP contribution is 2.32. The van der Waals surface area contributed by atoms with Gasteiger partial charge in [-0.15, -0.1) is 11.6 Å². The Morgan fingerprint density at radius 1 is 1.00 bits per heavy atom. The number of hydrogen-bond donors (Lipinski definition) is 0. The Labute approximate surface area is 118 Å². The van der Waals surface area contributed by atoms with E-state index in [1.54, 1.807) is 20.1 Å². The minimum absolute atomic E-state index is 0.228. The fraction of sp³-hybridized carbons (Fsp3) is 0.250. The van der Waals surface area contributed by atoms with Crippen molar-refractivity contribution in [3.05, 3.63) is 64.5 Å². The molecule has 0 bridgehead atoms. The predicted molar refractivity (Wildman–Crippen MR) is 76.6 cm³/mol. The van der Waals surface area contributed by atoms with Crippen molar-refractivity contribution in [2.75, 3.05) is 7.11 Å². The average molecular weight is 279 g/mol. The largest absolute Gasteiger partial charge is 0.496 e. The Bertz CT molecular complexity index is 595. The zero-order valence-corrected chi connectivity index (χ0v) is 12.0. The maximum atomic E-state index is 13.6. The van der Waals surface area contributed by atoms with Crippen LogP contribution in [0.5, 0.6) is 5.75 Å². The molecule has 0 N–H and O–H groups in total. The fourth-order valence-corrected chi connectivity index (χ4v) is 2.29. The van der Waals surface area contributed by atoms with Crippen LogP contribution in [0, 0.1) is 19.7 Å². The molecule has 1 atom stereocenters. The van der Waals surface area contributed by atoms with Crippen LogP contribution in [0.15, 0.2) is 36.4 Å². The first-order valence-corrected chi connectivity index (χ1v) is 6.51. The maximum absolute atomic E-state index is 13.6. The highest BCUT2D eigenvalue weighted by molar-refractivity contribution is 6.22. The summed E-state index contributed by atoms with van der Waals surface area (Å²) < 4.78 is 18.8. The molecule has 3 heteroatoms. The Kier molecular flexibility index (Phi) is 4.11. The molecule has 1 unspecified atom stereocenters. The van der Waals surface area contributed by atoms with E-state index in [9.17, 15) is 4.39 Å². The molecule has 0 aliphatic rings. The van der Waals surface area contributed by atoms with Crippen LogP contribution >= 0.6 is 11.6 Å². The summed E-state index contributed by atoms with van der Waals surface area (Å²) in [6.45, 7) is 3.70. The zero-order valence-electron chi connectivity index (χ0n) is 11.2. The summed E-state index contributed by atoms with van der Waals surface area (Å²) in [5.41, 5.74) is 3.33. The van der Waals surface area contributed by atoms with Crippen molar-refractivity contribution in [1.82, 2.24) is 0 Å². The summed E-state index contributed by atoms with van der Waals surface area (Å²) in [4.78, 5) is 0. The summed E-state index contributed by atoms with van der Waals surface area (Å²) in [5.74, 6) is 0.594. The second-order valence-electron chi connectivity index (χ2n) is 4.60. The first-order valence-electron chi connectivity index (χ1n) is 6.07. The van der Waals surface area contributed by atoms with Crippen LogP contribution in [0.1, 0.15) is 27.6 Å². The molecule has 0 aliphatic carbocycles. The molecule has 19 heavy (non-hydrogen) atoms. The normalized spacial score (nSPS) is 12.3. The van der Waals surface area contributed by atoms with E-state index in [2.05, 4.69) is 0 Å². The molecule has 1 nitrogen and oxygen atoms in total. The van der Waals surface area contributed by atoms with Gasteiger partial charge in [0.1, 0.15) is 11.6 Å². The molecule has 0 saturated heterocycles. The van der Waals surface area contributed by atoms with Crippen LogP contribution in [0.2, 0.25) is 0 Å². The molecule has 2 aromatic carbocycles. The van der Waals surface area contributed by atoms with Crippen molar-refractivity contribution >= 4 is 11.6 Å². The quantitative estimate of drug-likeness (QED) is 0.734. The molecule has 0 spiro atoms. The van der Waals surface area contributed by atoms with E-state index in [4.69, 9.17) is 16.3 Å². The SMILES string of the molecule is COc1ccc(C(Cl)c2ccc(C)c(F)c2)cc1C. The molecule has 0 aliphatic heterocycles. The van der Waals surface area contributed by atoms with Gasteiger partial charge in [-0.3, -0.25) is 0 Å². The van der Waals surface area contributed by atoms with E-state index in [0.717, 1.165) is 22.4 Å². The van der Waals surface area contributed by atoms with Gasteiger partial charge in [0.25, 0.3) is 0 Å². The number of benzene rings is 2. The van der Waals surface area contributed by atoms with Crippen LogP contribution in [0.4, 0.5) is 4.39 Å². The number of methoxy groups -OCH3 is 1. The molecular weight excluding hydrogens is 263 g/mol. The molecule has 0 fully saturated rings. The molecule has 0 amide bonds. The van der Waals surface area contributed by atoms with E-state index in [1.165, 1.54) is 6.07 Å². The number of ether oxygens (including phenoxy) is 1. The number of aryl methyl sites for hydroxylation is 2. The van der Waals surface area contributed by atoms with Crippen molar-refractivity contribution in [3.63, 3.8) is 0 Å². The van der Waals surface area contributed by atoms with Gasteiger partial charge in [-0.25, -0.2) is 4.39 Å². The van der Waals surface area contributed by atoms with Crippen LogP contribution in [-0.2, 0) is 0 Å². The van der Waals surface area contributed by atoms with Crippen molar-refractivity contribution < 1.29 is 9.13 Å². The van der Waals surface area contributed by atoms with E-state index in [0.29, 0.717) is 5.56 Å². The predicted octanol–water partition coefficient (Wildman–Crippen LogP) is 4.78. The summed E-state index contributed by atoms with van der Waals surface area (Å²) in [5, 5.41) is -0.361. The molecule has 0 aromatic heterocycles. The number of halogens is 2. The molecule has 100 valence electrons. The maximum Gasteiger partial charge on any atom is 0.126 e. The summed E-state index contributed by atoms with van der Waals surface area (Å²) in [6.07, 6.45) is 0. The average Bonchev–Trinajstić information content (AvgIpc) is 2.41. The van der Waals surface area contributed by atoms with Crippen LogP contribution in [0.3, 0.4) is 0 Å². The minimum Gasteiger partial charge on any atom is -0.496 e. The third-order valence-electron chi connectivity index (χ3n) is 3.20. The van der Waals surface area contributed by atoms with Crippen molar-refractivity contribution in [2.45, 2.75) is 19.2 Å². The second kappa shape index (κ2) is 5.62. The van der Waals surface area contributed by atoms with Gasteiger partial charge >= 0.3 is 0 Å². The lowest BCUT2D eigenvalue weighted by Crippen LogP contribution is -1.97. The van der Waals surface area contributed by atoms with E-state index in [-0.39, 0.29) is 11.2 Å². The van der Waals surface area contributed by atoms with Gasteiger partial charge in [-0.2, -0.15) is 0 Å². The standard InChI is InChI=1S/C16H16ClFO/c1-10-4-5-13(9-14(10)18)16(17)12-6-7-15(19-3)11(2)8-12/h4-9,16H,1-3H3. The second-order valence-corrected chi connectivity index (χ2v) is 5.04. The Hall–Kier alpha value is -1.54. The molecule has 0 heterocycles. The van der Waals surface area contributed by atoms with Gasteiger partial charge in [-0.1, -0.05) is 24.3 Å². The highest BCUT2D eigenvalue weighted by Gasteiger charge is 2.13. The van der Waals surface area contributed by atoms with E-state index >= 15 is 0 Å². The van der Waals surface area contributed by atoms with Crippen LogP contribution in [-0.4, -0.2) is 7.11 Å². The highest BCUT2D eigenvalue weighted by atomic mass is 35.5. The fourth-order valence-electron chi connectivity index (χ4n) is 2.02. The number of alkyl halides is 1. The lowest BCUT2D eigenvalue weighted by molar-refractivity contribution is 0.411. The lowest BCUT2D eigenvalue weighted by atomic mass is 10.0. The molecule has 2 rings (SSSR count). The first-order chi connectivity index (χ1) is 9.02. The Morgan fingerprint density at radius 2 is 1.63 bits per heavy atom. The van der Waals surface area contributed by atoms with Crippen molar-refractivity contribution in [1.29, 1.82) is 0 Å². The molecule has 0 saturated carbocycles. The van der Waals surface area contributed by atoms with Gasteiger partial charge < -0.3 is 4.74 Å². The van der Waals surface area contributed by atoms with Crippen LogP contribution in [0.25, 0.3) is 0 Å². The van der Waals surface area contributed by atoms with E-state index < -0.39 is 0 Å². The molecule has 0 radical (unpaired) electrons. The third-order valence-corrected chi connectivity index (χ3v) is 3.70. The van der Waals surface area contributed by atoms with Gasteiger partial charge in [0.2, 0.25) is 0 Å². The topological polar surface area (TPSA) is 9.23 Å². The smallest absolute Gasteiger partial charge is 0.126 e. The molecular formula is C16H16ClFO. The number of hydrogen-bond acceptors (Lipinski definition) is 1. The first kappa shape index (κ1) is 13.9. The molecule has 2 aromatic rings. The van der Waals surface area contributed by atoms with Gasteiger partial charge in [-0.05, 0) is 48.2 Å². The minimum atomic E-state index is -0.361. The Balaban J connectivity index is 2.35. The Morgan fingerprint density at radius 3 is 2.21 bits per heavy atom. The lowest BCUT2D eigenvalue weighted by Gasteiger charge is -2.13. The summed E-state index contributed by atoms with van der Waals surface area (Å²) in [6, 6.07) is 10.8. The zero-order chi connectivity index (χ0) is 14.0. The van der Waals surface area contributed by atoms with E-state index in [1.807, 2.05) is 31.2 Å². The van der Waals surface area contributed by atoms with Gasteiger partial charge in [0.05, 0.1) is 12.5 Å².